The standard InChI is InChI=1S/C21H19F3N2O5/c22-21(23,24)31-15-4-1-13(2-5-15)14-3-6-18-17(11-14)26(20(28)30-18)10-8-19(27)29-16-7-9-25-12-16/h1-6,11,16,25H,7-10,12H2. The van der Waals surface area contributed by atoms with Gasteiger partial charge in [0.2, 0.25) is 0 Å². The summed E-state index contributed by atoms with van der Waals surface area (Å²) in [5.41, 5.74) is 2.12. The molecule has 0 radical (unpaired) electrons. The van der Waals surface area contributed by atoms with Crippen LogP contribution in [0.25, 0.3) is 22.2 Å². The highest BCUT2D eigenvalue weighted by molar-refractivity contribution is 5.81. The van der Waals surface area contributed by atoms with E-state index in [2.05, 4.69) is 10.1 Å². The van der Waals surface area contributed by atoms with E-state index in [0.29, 0.717) is 28.8 Å². The molecular weight excluding hydrogens is 417 g/mol. The van der Waals surface area contributed by atoms with Gasteiger partial charge in [-0.2, -0.15) is 0 Å². The molecular formula is C21H19F3N2O5. The van der Waals surface area contributed by atoms with Crippen LogP contribution in [-0.2, 0) is 16.1 Å². The van der Waals surface area contributed by atoms with E-state index in [1.807, 2.05) is 0 Å². The molecule has 1 aromatic heterocycles. The van der Waals surface area contributed by atoms with Crippen LogP contribution >= 0.6 is 0 Å². The maximum absolute atomic E-state index is 12.3. The molecule has 1 aliphatic rings. The van der Waals surface area contributed by atoms with Crippen molar-refractivity contribution in [2.24, 2.45) is 0 Å². The molecule has 0 aliphatic carbocycles. The van der Waals surface area contributed by atoms with Gasteiger partial charge in [0.05, 0.1) is 11.9 Å². The molecule has 0 spiro atoms. The SMILES string of the molecule is O=C(CCn1c(=O)oc2ccc(-c3ccc(OC(F)(F)F)cc3)cc21)OC1CCNC1. The Morgan fingerprint density at radius 1 is 1.16 bits per heavy atom. The van der Waals surface area contributed by atoms with E-state index in [9.17, 15) is 22.8 Å². The second-order valence-electron chi connectivity index (χ2n) is 7.13. The minimum atomic E-state index is -4.76. The number of benzene rings is 2. The Labute approximate surface area is 174 Å². The molecule has 7 nitrogen and oxygen atoms in total. The van der Waals surface area contributed by atoms with Crippen LogP contribution in [0.15, 0.2) is 51.7 Å². The number of nitrogens with one attached hydrogen (secondary N) is 1. The van der Waals surface area contributed by atoms with Crippen molar-refractivity contribution in [3.8, 4) is 16.9 Å². The summed E-state index contributed by atoms with van der Waals surface area (Å²) in [4.78, 5) is 24.3. The third-order valence-corrected chi connectivity index (χ3v) is 4.94. The lowest BCUT2D eigenvalue weighted by Gasteiger charge is -2.11. The first kappa shape index (κ1) is 21.0. The number of hydrogen-bond donors (Lipinski definition) is 1. The average Bonchev–Trinajstić information content (AvgIpc) is 3.32. The van der Waals surface area contributed by atoms with Crippen molar-refractivity contribution >= 4 is 17.1 Å². The van der Waals surface area contributed by atoms with Gasteiger partial charge in [0, 0.05) is 13.1 Å². The molecule has 0 amide bonds. The monoisotopic (exact) mass is 436 g/mol. The predicted molar refractivity (Wildman–Crippen MR) is 105 cm³/mol. The van der Waals surface area contributed by atoms with Gasteiger partial charge in [-0.1, -0.05) is 18.2 Å². The quantitative estimate of drug-likeness (QED) is 0.596. The summed E-state index contributed by atoms with van der Waals surface area (Å²) in [6.45, 7) is 1.51. The van der Waals surface area contributed by atoms with Gasteiger partial charge in [-0.05, 0) is 48.4 Å². The van der Waals surface area contributed by atoms with Crippen LogP contribution < -0.4 is 15.8 Å². The number of alkyl halides is 3. The molecule has 3 aromatic rings. The summed E-state index contributed by atoms with van der Waals surface area (Å²) in [5, 5.41) is 3.11. The van der Waals surface area contributed by atoms with Gasteiger partial charge in [0.25, 0.3) is 0 Å². The summed E-state index contributed by atoms with van der Waals surface area (Å²) in [6.07, 6.45) is -4.14. The Bertz CT molecular complexity index is 1130. The van der Waals surface area contributed by atoms with Crippen molar-refractivity contribution < 1.29 is 31.9 Å². The van der Waals surface area contributed by atoms with Gasteiger partial charge in [-0.25, -0.2) is 4.79 Å². The van der Waals surface area contributed by atoms with Crippen molar-refractivity contribution in [2.45, 2.75) is 31.9 Å². The summed E-state index contributed by atoms with van der Waals surface area (Å²) in [6, 6.07) is 10.4. The van der Waals surface area contributed by atoms with Crippen molar-refractivity contribution in [2.75, 3.05) is 13.1 Å². The number of carbonyl (C=O) groups is 1. The number of rotatable bonds is 6. The van der Waals surface area contributed by atoms with Crippen LogP contribution in [-0.4, -0.2) is 36.1 Å². The van der Waals surface area contributed by atoms with E-state index in [-0.39, 0.29) is 24.8 Å². The number of hydrogen-bond acceptors (Lipinski definition) is 6. The summed E-state index contributed by atoms with van der Waals surface area (Å²) in [5.74, 6) is -1.32. The van der Waals surface area contributed by atoms with E-state index in [0.717, 1.165) is 13.0 Å². The fourth-order valence-electron chi connectivity index (χ4n) is 3.48. The molecule has 0 bridgehead atoms. The fraction of sp³-hybridized carbons (Fsp3) is 0.333. The first-order chi connectivity index (χ1) is 14.8. The minimum Gasteiger partial charge on any atom is -0.461 e. The largest absolute Gasteiger partial charge is 0.573 e. The predicted octanol–water partition coefficient (Wildman–Crippen LogP) is 3.46. The lowest BCUT2D eigenvalue weighted by Crippen LogP contribution is -2.23. The first-order valence-corrected chi connectivity index (χ1v) is 9.68. The second kappa shape index (κ2) is 8.46. The van der Waals surface area contributed by atoms with Gasteiger partial charge in [0.1, 0.15) is 11.9 Å². The minimum absolute atomic E-state index is 0.0126. The third kappa shape index (κ3) is 5.08. The van der Waals surface area contributed by atoms with E-state index in [1.165, 1.54) is 28.8 Å². The molecule has 164 valence electrons. The van der Waals surface area contributed by atoms with Crippen molar-refractivity contribution in [1.29, 1.82) is 0 Å². The molecule has 1 atom stereocenters. The maximum atomic E-state index is 12.3. The molecule has 1 unspecified atom stereocenters. The number of nitrogens with zero attached hydrogens (tertiary/aromatic N) is 1. The topological polar surface area (TPSA) is 82.7 Å². The third-order valence-electron chi connectivity index (χ3n) is 4.94. The molecule has 1 saturated heterocycles. The molecule has 10 heteroatoms. The molecule has 31 heavy (non-hydrogen) atoms. The number of ether oxygens (including phenoxy) is 2. The molecule has 2 aromatic carbocycles. The lowest BCUT2D eigenvalue weighted by atomic mass is 10.1. The summed E-state index contributed by atoms with van der Waals surface area (Å²) < 4.78 is 52.8. The highest BCUT2D eigenvalue weighted by atomic mass is 19.4. The molecule has 1 fully saturated rings. The second-order valence-corrected chi connectivity index (χ2v) is 7.13. The normalized spacial score (nSPS) is 16.5. The van der Waals surface area contributed by atoms with E-state index < -0.39 is 18.1 Å². The number of esters is 1. The smallest absolute Gasteiger partial charge is 0.461 e. The van der Waals surface area contributed by atoms with Gasteiger partial charge in [-0.3, -0.25) is 9.36 Å². The van der Waals surface area contributed by atoms with E-state index >= 15 is 0 Å². The zero-order chi connectivity index (χ0) is 22.0. The van der Waals surface area contributed by atoms with Gasteiger partial charge >= 0.3 is 18.1 Å². The first-order valence-electron chi connectivity index (χ1n) is 9.68. The van der Waals surface area contributed by atoms with Crippen LogP contribution in [0, 0.1) is 0 Å². The van der Waals surface area contributed by atoms with Gasteiger partial charge in [0.15, 0.2) is 5.58 Å². The Morgan fingerprint density at radius 3 is 2.58 bits per heavy atom. The van der Waals surface area contributed by atoms with E-state index in [1.54, 1.807) is 18.2 Å². The Kier molecular flexibility index (Phi) is 5.73. The number of halogens is 3. The molecule has 2 heterocycles. The van der Waals surface area contributed by atoms with Crippen LogP contribution in [0.2, 0.25) is 0 Å². The number of oxazole rings is 1. The van der Waals surface area contributed by atoms with Crippen LogP contribution in [0.4, 0.5) is 13.2 Å². The Hall–Kier alpha value is -3.27. The van der Waals surface area contributed by atoms with Gasteiger partial charge in [-0.15, -0.1) is 13.2 Å². The molecule has 0 saturated carbocycles. The molecule has 1 N–H and O–H groups in total. The van der Waals surface area contributed by atoms with Crippen molar-refractivity contribution in [3.63, 3.8) is 0 Å². The maximum Gasteiger partial charge on any atom is 0.573 e. The van der Waals surface area contributed by atoms with Crippen LogP contribution in [0.1, 0.15) is 12.8 Å². The highest BCUT2D eigenvalue weighted by Gasteiger charge is 2.31. The van der Waals surface area contributed by atoms with Crippen molar-refractivity contribution in [3.05, 3.63) is 53.0 Å². The number of carbonyl (C=O) groups excluding carboxylic acids is 1. The Balaban J connectivity index is 1.52. The van der Waals surface area contributed by atoms with Crippen LogP contribution in [0.3, 0.4) is 0 Å². The van der Waals surface area contributed by atoms with E-state index in [4.69, 9.17) is 9.15 Å². The number of aryl methyl sites for hydroxylation is 1. The molecule has 1 aliphatic heterocycles. The van der Waals surface area contributed by atoms with Crippen molar-refractivity contribution in [1.82, 2.24) is 9.88 Å². The molecule has 4 rings (SSSR count). The zero-order valence-corrected chi connectivity index (χ0v) is 16.3. The fourth-order valence-corrected chi connectivity index (χ4v) is 3.48. The number of aromatic nitrogens is 1. The lowest BCUT2D eigenvalue weighted by molar-refractivity contribution is -0.274. The average molecular weight is 436 g/mol. The Morgan fingerprint density at radius 2 is 1.90 bits per heavy atom. The zero-order valence-electron chi connectivity index (χ0n) is 16.3. The summed E-state index contributed by atoms with van der Waals surface area (Å²) in [7, 11) is 0. The van der Waals surface area contributed by atoms with Crippen LogP contribution in [0.5, 0.6) is 5.75 Å². The number of fused-ring (bicyclic) bond motifs is 1. The highest BCUT2D eigenvalue weighted by Crippen LogP contribution is 2.28. The van der Waals surface area contributed by atoms with Gasteiger partial charge < -0.3 is 19.2 Å². The summed E-state index contributed by atoms with van der Waals surface area (Å²) >= 11 is 0.